The number of amides is 2. The van der Waals surface area contributed by atoms with Gasteiger partial charge in [0.15, 0.2) is 0 Å². The molecule has 0 bridgehead atoms. The molecule has 1 aliphatic heterocycles. The lowest BCUT2D eigenvalue weighted by Gasteiger charge is -2.22. The van der Waals surface area contributed by atoms with E-state index in [1.165, 1.54) is 6.07 Å². The predicted octanol–water partition coefficient (Wildman–Crippen LogP) is 4.00. The maximum absolute atomic E-state index is 12.3. The lowest BCUT2D eigenvalue weighted by atomic mass is 10.2. The van der Waals surface area contributed by atoms with Crippen molar-refractivity contribution >= 4 is 11.7 Å². The van der Waals surface area contributed by atoms with Crippen molar-refractivity contribution < 1.29 is 18.3 Å². The van der Waals surface area contributed by atoms with E-state index in [4.69, 9.17) is 0 Å². The van der Waals surface area contributed by atoms with Crippen LogP contribution in [0, 0.1) is 6.92 Å². The van der Waals surface area contributed by atoms with Crippen LogP contribution in [0.3, 0.4) is 0 Å². The van der Waals surface area contributed by atoms with Crippen molar-refractivity contribution in [3.05, 3.63) is 23.8 Å². The Kier molecular flexibility index (Phi) is 5.36. The number of anilines is 1. The van der Waals surface area contributed by atoms with Crippen molar-refractivity contribution in [3.63, 3.8) is 0 Å². The third kappa shape index (κ3) is 4.31. The molecule has 1 aliphatic rings. The predicted molar refractivity (Wildman–Crippen MR) is 76.9 cm³/mol. The van der Waals surface area contributed by atoms with E-state index in [9.17, 15) is 13.6 Å². The molecule has 1 aromatic carbocycles. The molecule has 1 fully saturated rings. The zero-order valence-electron chi connectivity index (χ0n) is 12.1. The van der Waals surface area contributed by atoms with Crippen LogP contribution in [0.2, 0.25) is 0 Å². The summed E-state index contributed by atoms with van der Waals surface area (Å²) in [6.07, 6.45) is 4.28. The summed E-state index contributed by atoms with van der Waals surface area (Å²) in [4.78, 5) is 14.0. The number of nitrogens with zero attached hydrogens (tertiary/aromatic N) is 1. The Morgan fingerprint density at radius 3 is 2.52 bits per heavy atom. The summed E-state index contributed by atoms with van der Waals surface area (Å²) in [7, 11) is 0. The van der Waals surface area contributed by atoms with E-state index in [-0.39, 0.29) is 11.8 Å². The lowest BCUT2D eigenvalue weighted by Crippen LogP contribution is -2.35. The van der Waals surface area contributed by atoms with E-state index >= 15 is 0 Å². The highest BCUT2D eigenvalue weighted by Gasteiger charge is 2.17. The van der Waals surface area contributed by atoms with Crippen molar-refractivity contribution in [1.82, 2.24) is 4.90 Å². The molecule has 0 spiro atoms. The molecule has 0 unspecified atom stereocenters. The molecule has 1 heterocycles. The van der Waals surface area contributed by atoms with Crippen molar-refractivity contribution in [3.8, 4) is 5.75 Å². The van der Waals surface area contributed by atoms with E-state index < -0.39 is 6.61 Å². The Balaban J connectivity index is 2.06. The molecule has 4 nitrogen and oxygen atoms in total. The molecule has 0 saturated carbocycles. The minimum atomic E-state index is -2.87. The van der Waals surface area contributed by atoms with E-state index in [2.05, 4.69) is 10.1 Å². The number of nitrogens with one attached hydrogen (secondary N) is 1. The fraction of sp³-hybridized carbons (Fsp3) is 0.533. The monoisotopic (exact) mass is 298 g/mol. The van der Waals surface area contributed by atoms with Crippen LogP contribution in [0.4, 0.5) is 19.3 Å². The summed E-state index contributed by atoms with van der Waals surface area (Å²) in [5, 5.41) is 2.78. The van der Waals surface area contributed by atoms with Crippen molar-refractivity contribution in [2.45, 2.75) is 39.2 Å². The Morgan fingerprint density at radius 1 is 1.24 bits per heavy atom. The number of halogens is 2. The average molecular weight is 298 g/mol. The van der Waals surface area contributed by atoms with Crippen LogP contribution >= 0.6 is 0 Å². The Labute approximate surface area is 123 Å². The van der Waals surface area contributed by atoms with Crippen LogP contribution in [0.5, 0.6) is 5.75 Å². The van der Waals surface area contributed by atoms with E-state index in [1.807, 2.05) is 0 Å². The van der Waals surface area contributed by atoms with Crippen LogP contribution in [-0.2, 0) is 0 Å². The van der Waals surface area contributed by atoms with Crippen molar-refractivity contribution in [1.29, 1.82) is 0 Å². The highest BCUT2D eigenvalue weighted by atomic mass is 19.3. The van der Waals surface area contributed by atoms with Crippen molar-refractivity contribution in [2.24, 2.45) is 0 Å². The molecule has 0 aromatic heterocycles. The SMILES string of the molecule is Cc1c(NC(=O)N2CCCCCC2)cccc1OC(F)F. The minimum Gasteiger partial charge on any atom is -0.434 e. The van der Waals surface area contributed by atoms with E-state index in [0.717, 1.165) is 38.8 Å². The first-order valence-corrected chi connectivity index (χ1v) is 7.18. The number of carbonyl (C=O) groups excluding carboxylic acids is 1. The first kappa shape index (κ1) is 15.5. The van der Waals surface area contributed by atoms with Crippen LogP contribution in [0.15, 0.2) is 18.2 Å². The summed E-state index contributed by atoms with van der Waals surface area (Å²) < 4.78 is 29.1. The zero-order valence-corrected chi connectivity index (χ0v) is 12.1. The number of alkyl halides is 2. The van der Waals surface area contributed by atoms with Gasteiger partial charge in [0.1, 0.15) is 5.75 Å². The van der Waals surface area contributed by atoms with Gasteiger partial charge in [-0.25, -0.2) is 4.79 Å². The summed E-state index contributed by atoms with van der Waals surface area (Å²) in [5.74, 6) is 0.0821. The largest absolute Gasteiger partial charge is 0.434 e. The van der Waals surface area contributed by atoms with Crippen molar-refractivity contribution in [2.75, 3.05) is 18.4 Å². The van der Waals surface area contributed by atoms with Gasteiger partial charge in [-0.3, -0.25) is 0 Å². The molecule has 0 atom stereocenters. The second-order valence-corrected chi connectivity index (χ2v) is 5.14. The van der Waals surface area contributed by atoms with Gasteiger partial charge < -0.3 is 15.0 Å². The number of hydrogen-bond acceptors (Lipinski definition) is 2. The molecule has 2 rings (SSSR count). The second-order valence-electron chi connectivity index (χ2n) is 5.14. The zero-order chi connectivity index (χ0) is 15.2. The molecular weight excluding hydrogens is 278 g/mol. The first-order chi connectivity index (χ1) is 10.1. The van der Waals surface area contributed by atoms with Gasteiger partial charge in [0.05, 0.1) is 0 Å². The van der Waals surface area contributed by atoms with Gasteiger partial charge in [0.25, 0.3) is 0 Å². The molecular formula is C15H20F2N2O2. The summed E-state index contributed by atoms with van der Waals surface area (Å²) in [5.41, 5.74) is 1.00. The van der Waals surface area contributed by atoms with Gasteiger partial charge in [0, 0.05) is 24.3 Å². The maximum Gasteiger partial charge on any atom is 0.387 e. The third-order valence-electron chi connectivity index (χ3n) is 3.64. The highest BCUT2D eigenvalue weighted by molar-refractivity contribution is 5.90. The van der Waals surface area contributed by atoms with Crippen LogP contribution in [0.25, 0.3) is 0 Å². The quantitative estimate of drug-likeness (QED) is 0.916. The fourth-order valence-electron chi connectivity index (χ4n) is 2.44. The Morgan fingerprint density at radius 2 is 1.90 bits per heavy atom. The fourth-order valence-corrected chi connectivity index (χ4v) is 2.44. The number of hydrogen-bond donors (Lipinski definition) is 1. The molecule has 116 valence electrons. The molecule has 0 aliphatic carbocycles. The summed E-state index contributed by atoms with van der Waals surface area (Å²) in [6.45, 7) is 0.242. The van der Waals surface area contributed by atoms with Gasteiger partial charge in [-0.1, -0.05) is 18.9 Å². The molecule has 21 heavy (non-hydrogen) atoms. The van der Waals surface area contributed by atoms with Crippen LogP contribution < -0.4 is 10.1 Å². The van der Waals surface area contributed by atoms with E-state index in [1.54, 1.807) is 24.0 Å². The normalized spacial score (nSPS) is 15.7. The number of rotatable bonds is 3. The minimum absolute atomic E-state index is 0.0821. The topological polar surface area (TPSA) is 41.6 Å². The standard InChI is InChI=1S/C15H20F2N2O2/c1-11-12(7-6-8-13(11)21-14(16)17)18-15(20)19-9-4-2-3-5-10-19/h6-8,14H,2-5,9-10H2,1H3,(H,18,20). The van der Waals surface area contributed by atoms with Gasteiger partial charge in [-0.15, -0.1) is 0 Å². The number of ether oxygens (including phenoxy) is 1. The first-order valence-electron chi connectivity index (χ1n) is 7.18. The van der Waals surface area contributed by atoms with Gasteiger partial charge >= 0.3 is 12.6 Å². The summed E-state index contributed by atoms with van der Waals surface area (Å²) in [6, 6.07) is 4.55. The number of urea groups is 1. The Bertz CT molecular complexity index is 487. The van der Waals surface area contributed by atoms with E-state index in [0.29, 0.717) is 11.3 Å². The average Bonchev–Trinajstić information content (AvgIpc) is 2.71. The molecule has 2 amide bonds. The van der Waals surface area contributed by atoms with Crippen LogP contribution in [-0.4, -0.2) is 30.6 Å². The number of carbonyl (C=O) groups is 1. The second kappa shape index (κ2) is 7.24. The third-order valence-corrected chi connectivity index (χ3v) is 3.64. The van der Waals surface area contributed by atoms with Gasteiger partial charge in [-0.05, 0) is 31.9 Å². The number of likely N-dealkylation sites (tertiary alicyclic amines) is 1. The van der Waals surface area contributed by atoms with Gasteiger partial charge in [-0.2, -0.15) is 8.78 Å². The molecule has 1 N–H and O–H groups in total. The Hall–Kier alpha value is -1.85. The number of benzene rings is 1. The summed E-state index contributed by atoms with van der Waals surface area (Å²) >= 11 is 0. The molecule has 6 heteroatoms. The molecule has 1 aromatic rings. The lowest BCUT2D eigenvalue weighted by molar-refractivity contribution is -0.0502. The highest BCUT2D eigenvalue weighted by Crippen LogP contribution is 2.27. The molecule has 0 radical (unpaired) electrons. The van der Waals surface area contributed by atoms with Crippen LogP contribution in [0.1, 0.15) is 31.2 Å². The maximum atomic E-state index is 12.3. The van der Waals surface area contributed by atoms with Gasteiger partial charge in [0.2, 0.25) is 0 Å². The molecule has 1 saturated heterocycles. The smallest absolute Gasteiger partial charge is 0.387 e.